The van der Waals surface area contributed by atoms with Crippen LogP contribution >= 0.6 is 0 Å². The van der Waals surface area contributed by atoms with Crippen molar-refractivity contribution in [1.29, 1.82) is 0 Å². The van der Waals surface area contributed by atoms with Gasteiger partial charge in [-0.15, -0.1) is 0 Å². The van der Waals surface area contributed by atoms with E-state index in [4.69, 9.17) is 5.73 Å². The van der Waals surface area contributed by atoms with E-state index in [1.807, 2.05) is 13.0 Å². The van der Waals surface area contributed by atoms with Crippen molar-refractivity contribution in [2.24, 2.45) is 11.7 Å². The smallest absolute Gasteiger partial charge is 0.263 e. The van der Waals surface area contributed by atoms with Gasteiger partial charge in [0, 0.05) is 11.6 Å². The number of benzene rings is 1. The van der Waals surface area contributed by atoms with Gasteiger partial charge in [0.05, 0.1) is 0 Å². The van der Waals surface area contributed by atoms with E-state index >= 15 is 0 Å². The first-order chi connectivity index (χ1) is 7.09. The van der Waals surface area contributed by atoms with E-state index in [9.17, 15) is 8.78 Å². The predicted octanol–water partition coefficient (Wildman–Crippen LogP) is 3.07. The van der Waals surface area contributed by atoms with Gasteiger partial charge in [-0.3, -0.25) is 0 Å². The molecule has 0 amide bonds. The topological polar surface area (TPSA) is 26.0 Å². The molecule has 1 aliphatic rings. The number of halogens is 2. The third-order valence-electron chi connectivity index (χ3n) is 3.11. The molecule has 3 unspecified atom stereocenters. The lowest BCUT2D eigenvalue weighted by atomic mass is 10.0. The van der Waals surface area contributed by atoms with Crippen LogP contribution < -0.4 is 5.73 Å². The zero-order valence-corrected chi connectivity index (χ0v) is 8.66. The van der Waals surface area contributed by atoms with Gasteiger partial charge in [-0.1, -0.05) is 18.2 Å². The Morgan fingerprint density at radius 1 is 1.40 bits per heavy atom. The minimum Gasteiger partial charge on any atom is -0.328 e. The molecule has 1 aromatic rings. The lowest BCUT2D eigenvalue weighted by Gasteiger charge is -2.06. The van der Waals surface area contributed by atoms with E-state index < -0.39 is 6.43 Å². The van der Waals surface area contributed by atoms with Gasteiger partial charge < -0.3 is 5.73 Å². The fraction of sp³-hybridized carbons (Fsp3) is 0.500. The van der Waals surface area contributed by atoms with Crippen LogP contribution in [0.5, 0.6) is 0 Å². The van der Waals surface area contributed by atoms with Crippen molar-refractivity contribution in [2.45, 2.75) is 31.7 Å². The number of hydrogen-bond acceptors (Lipinski definition) is 1. The highest BCUT2D eigenvalue weighted by atomic mass is 19.3. The van der Waals surface area contributed by atoms with E-state index in [1.165, 1.54) is 6.07 Å². The molecule has 1 fully saturated rings. The van der Waals surface area contributed by atoms with Gasteiger partial charge in [0.1, 0.15) is 0 Å². The molecule has 3 heteroatoms. The van der Waals surface area contributed by atoms with Gasteiger partial charge in [0.2, 0.25) is 0 Å². The SMILES string of the molecule is CC(N)C1CC1c1cccc(C(F)F)c1. The molecule has 0 aliphatic heterocycles. The Morgan fingerprint density at radius 2 is 2.13 bits per heavy atom. The summed E-state index contributed by atoms with van der Waals surface area (Å²) in [4.78, 5) is 0. The van der Waals surface area contributed by atoms with Gasteiger partial charge in [-0.25, -0.2) is 8.78 Å². The fourth-order valence-electron chi connectivity index (χ4n) is 2.10. The highest BCUT2D eigenvalue weighted by Crippen LogP contribution is 2.49. The molecule has 3 atom stereocenters. The number of nitrogens with two attached hydrogens (primary N) is 1. The third kappa shape index (κ3) is 2.17. The number of alkyl halides is 2. The summed E-state index contributed by atoms with van der Waals surface area (Å²) in [6, 6.07) is 6.85. The Bertz CT molecular complexity index is 349. The van der Waals surface area contributed by atoms with Crippen LogP contribution in [-0.2, 0) is 0 Å². The molecule has 0 radical (unpaired) electrons. The summed E-state index contributed by atoms with van der Waals surface area (Å²) >= 11 is 0. The van der Waals surface area contributed by atoms with Crippen molar-refractivity contribution in [3.05, 3.63) is 35.4 Å². The Labute approximate surface area is 88.3 Å². The highest BCUT2D eigenvalue weighted by molar-refractivity contribution is 5.31. The summed E-state index contributed by atoms with van der Waals surface area (Å²) in [5.41, 5.74) is 6.90. The lowest BCUT2D eigenvalue weighted by Crippen LogP contribution is -2.17. The standard InChI is InChI=1S/C12H15F2N/c1-7(15)10-6-11(10)8-3-2-4-9(5-8)12(13)14/h2-5,7,10-12H,6,15H2,1H3. The Hall–Kier alpha value is -0.960. The Morgan fingerprint density at radius 3 is 2.67 bits per heavy atom. The summed E-state index contributed by atoms with van der Waals surface area (Å²) < 4.78 is 24.9. The van der Waals surface area contributed by atoms with Crippen LogP contribution in [0.1, 0.15) is 36.8 Å². The highest BCUT2D eigenvalue weighted by Gasteiger charge is 2.40. The van der Waals surface area contributed by atoms with Crippen molar-refractivity contribution in [2.75, 3.05) is 0 Å². The average molecular weight is 211 g/mol. The maximum atomic E-state index is 12.5. The van der Waals surface area contributed by atoms with Crippen LogP contribution in [0.2, 0.25) is 0 Å². The van der Waals surface area contributed by atoms with Crippen molar-refractivity contribution < 1.29 is 8.78 Å². The molecule has 82 valence electrons. The summed E-state index contributed by atoms with van der Waals surface area (Å²) in [6.45, 7) is 1.97. The maximum absolute atomic E-state index is 12.5. The van der Waals surface area contributed by atoms with Crippen LogP contribution in [-0.4, -0.2) is 6.04 Å². The molecule has 1 saturated carbocycles. The van der Waals surface area contributed by atoms with Crippen molar-refractivity contribution in [3.8, 4) is 0 Å². The van der Waals surface area contributed by atoms with Gasteiger partial charge >= 0.3 is 0 Å². The first kappa shape index (κ1) is 10.6. The van der Waals surface area contributed by atoms with E-state index in [1.54, 1.807) is 12.1 Å². The largest absolute Gasteiger partial charge is 0.328 e. The first-order valence-electron chi connectivity index (χ1n) is 5.23. The minimum atomic E-state index is -2.38. The molecule has 0 bridgehead atoms. The van der Waals surface area contributed by atoms with Crippen LogP contribution in [0.15, 0.2) is 24.3 Å². The van der Waals surface area contributed by atoms with Gasteiger partial charge in [-0.2, -0.15) is 0 Å². The maximum Gasteiger partial charge on any atom is 0.263 e. The lowest BCUT2D eigenvalue weighted by molar-refractivity contribution is 0.151. The molecule has 2 N–H and O–H groups in total. The van der Waals surface area contributed by atoms with E-state index in [0.717, 1.165) is 12.0 Å². The summed E-state index contributed by atoms with van der Waals surface area (Å²) in [5.74, 6) is 0.863. The predicted molar refractivity (Wildman–Crippen MR) is 55.9 cm³/mol. The van der Waals surface area contributed by atoms with Crippen molar-refractivity contribution in [3.63, 3.8) is 0 Å². The Balaban J connectivity index is 2.14. The molecule has 0 aromatic heterocycles. The molecule has 1 nitrogen and oxygen atoms in total. The van der Waals surface area contributed by atoms with Crippen molar-refractivity contribution >= 4 is 0 Å². The van der Waals surface area contributed by atoms with E-state index in [0.29, 0.717) is 11.8 Å². The fourth-order valence-corrected chi connectivity index (χ4v) is 2.10. The molecule has 0 saturated heterocycles. The zero-order chi connectivity index (χ0) is 11.0. The molecule has 0 heterocycles. The molecule has 15 heavy (non-hydrogen) atoms. The van der Waals surface area contributed by atoms with Crippen LogP contribution in [0.25, 0.3) is 0 Å². The van der Waals surface area contributed by atoms with Crippen LogP contribution in [0.4, 0.5) is 8.78 Å². The van der Waals surface area contributed by atoms with Crippen LogP contribution in [0, 0.1) is 5.92 Å². The van der Waals surface area contributed by atoms with Crippen molar-refractivity contribution in [1.82, 2.24) is 0 Å². The second-order valence-corrected chi connectivity index (χ2v) is 4.34. The van der Waals surface area contributed by atoms with Crippen LogP contribution in [0.3, 0.4) is 0 Å². The average Bonchev–Trinajstić information content (AvgIpc) is 2.97. The van der Waals surface area contributed by atoms with Gasteiger partial charge in [0.25, 0.3) is 6.43 Å². The second-order valence-electron chi connectivity index (χ2n) is 4.34. The molecular formula is C12H15F2N. The minimum absolute atomic E-state index is 0.114. The van der Waals surface area contributed by atoms with Gasteiger partial charge in [-0.05, 0) is 36.8 Å². The normalized spacial score (nSPS) is 26.7. The molecule has 2 rings (SSSR count). The zero-order valence-electron chi connectivity index (χ0n) is 8.66. The molecule has 1 aliphatic carbocycles. The first-order valence-corrected chi connectivity index (χ1v) is 5.23. The molecule has 0 spiro atoms. The summed E-state index contributed by atoms with van der Waals surface area (Å²) in [5, 5.41) is 0. The second kappa shape index (κ2) is 3.89. The van der Waals surface area contributed by atoms with E-state index in [2.05, 4.69) is 0 Å². The van der Waals surface area contributed by atoms with E-state index in [-0.39, 0.29) is 11.6 Å². The van der Waals surface area contributed by atoms with Gasteiger partial charge in [0.15, 0.2) is 0 Å². The Kier molecular flexibility index (Phi) is 2.74. The molecule has 1 aromatic carbocycles. The summed E-state index contributed by atoms with van der Waals surface area (Å²) in [7, 11) is 0. The number of rotatable bonds is 3. The summed E-state index contributed by atoms with van der Waals surface area (Å²) in [6.07, 6.45) is -1.35. The third-order valence-corrected chi connectivity index (χ3v) is 3.11. The molecular weight excluding hydrogens is 196 g/mol. The monoisotopic (exact) mass is 211 g/mol. The quantitative estimate of drug-likeness (QED) is 0.817. The number of hydrogen-bond donors (Lipinski definition) is 1.